The van der Waals surface area contributed by atoms with Crippen molar-refractivity contribution in [3.05, 3.63) is 95.4 Å². The van der Waals surface area contributed by atoms with Gasteiger partial charge in [0.05, 0.1) is 43.7 Å². The van der Waals surface area contributed by atoms with Crippen molar-refractivity contribution in [2.45, 2.75) is 336 Å². The fourth-order valence-corrected chi connectivity index (χ4v) is 19.2. The maximum absolute atomic E-state index is 14.3. The first-order chi connectivity index (χ1) is 58.7. The van der Waals surface area contributed by atoms with Gasteiger partial charge in [0.1, 0.15) is 59.9 Å². The number of carbonyl (C=O) groups excluding carboxylic acids is 9. The molecule has 31 heteroatoms. The molecule has 6 heterocycles. The van der Waals surface area contributed by atoms with Gasteiger partial charge in [-0.3, -0.25) is 33.6 Å². The number of ether oxygens (including phenoxy) is 8. The van der Waals surface area contributed by atoms with E-state index < -0.39 is 149 Å². The number of carbonyl (C=O) groups is 9. The van der Waals surface area contributed by atoms with Gasteiger partial charge in [-0.2, -0.15) is 0 Å². The van der Waals surface area contributed by atoms with Crippen LogP contribution in [-0.4, -0.2) is 245 Å². The Balaban J connectivity index is 0.00000237. The summed E-state index contributed by atoms with van der Waals surface area (Å²) < 4.78 is 58.3. The number of cyclic esters (lactones) is 2. The fraction of sp³-hybridized carbons (Fsp3) is 0.740. The van der Waals surface area contributed by atoms with Gasteiger partial charge in [-0.15, -0.1) is 6.58 Å². The summed E-state index contributed by atoms with van der Waals surface area (Å²) in [6.07, 6.45) is 20.1. The average molecular weight is 1840 g/mol. The topological polar surface area (TPSA) is 355 Å². The van der Waals surface area contributed by atoms with Crippen LogP contribution in [0, 0.1) is 76.9 Å². The molecular weight excluding hydrogens is 1690 g/mol. The Hall–Kier alpha value is -3.23. The molecule has 0 aromatic rings. The third-order valence-corrected chi connectivity index (χ3v) is 27.1. The molecule has 0 spiro atoms. The number of aliphatic hydroxyl groups excluding tert-OH is 4. The minimum Gasteiger partial charge on any atom is -1.00 e. The molecule has 4 bridgehead atoms. The number of amides is 2. The minimum absolute atomic E-state index is 0. The van der Waals surface area contributed by atoms with Crippen LogP contribution in [-0.2, 0) is 81.0 Å². The standard InChI is InChI=1S/C51H79NO12.C44H67NO11.CH4.2BH.2FH.2K/c1-30-16-12-11-13-17-31(2)43(61-9)28-39-21-19-37(8)51(60,64-39)48(57)49(58)52-23-15-14-18-40(52)50(59)63-44(34(5)27-38-20-22-41(53)33(4)26-38)29-42(54)32(3)25-36(7)46(56)47(62-10)45(55)35(6)24-30;1-10-13-32-19-25(2)18-26(3)20-37(53-8)40-38(54-9)23-29(6)44(52,56-40)41(49)42(50)45-17-12-11-14-33(45)43(51)55-39(30(7)35(47)24-36(32)48)28(5)22-31-15-16-34(46)27(4)21-31;;;;;;;/h11-13,16-17,25,30,32-35,37-41,43-44,46-47,53,56,60H,14-15,18-24,26-29H2,1-10H3;10,19-20,22,26-27,29-35,38-40,46-47,52H,1,11-18,21,23-24H2,2-9H3;1H4;4*1H;;/q;;;;;;;2*+1/p-2/b13-11?,16-12+,31-17?,36-25+;25-19-,28-22+,37-20?;;;;;;;/t30-,32-,33-,34-,35-,37-,38+,39+,40+,41-,43+,44+,46-,47+,51-;26-,27+,29+,30+,31-,32+,33-,34+,35-,38-,39+,40+,44+;;;;;;;/m10......./s1/i;;;2*1D;;;;. The molecule has 25 nitrogen and oxygen atoms in total. The summed E-state index contributed by atoms with van der Waals surface area (Å²) in [5, 5.41) is 67.8. The summed E-state index contributed by atoms with van der Waals surface area (Å²) >= 11 is 0. The number of allylic oxidation sites excluding steroid dienone is 11. The van der Waals surface area contributed by atoms with Crippen LogP contribution < -0.4 is 112 Å². The zero-order valence-electron chi connectivity index (χ0n) is 80.9. The number of Topliss-reactive ketones (excluding diaryl/α,β-unsaturated/α-hetero) is 5. The Kier molecular flexibility index (Phi) is 55.0. The van der Waals surface area contributed by atoms with Crippen molar-refractivity contribution >= 4 is 69.4 Å². The summed E-state index contributed by atoms with van der Waals surface area (Å²) in [5.41, 5.74) is 2.90. The van der Waals surface area contributed by atoms with Gasteiger partial charge in [0, 0.05) is 106 Å². The Morgan fingerprint density at radius 2 is 1.20 bits per heavy atom. The van der Waals surface area contributed by atoms with Gasteiger partial charge in [-0.05, 0) is 217 Å². The minimum atomic E-state index is -2.54. The number of aliphatic hydroxyl groups is 6. The predicted octanol–water partition coefficient (Wildman–Crippen LogP) is -0.458. The molecule has 6 fully saturated rings. The number of esters is 2. The van der Waals surface area contributed by atoms with Crippen LogP contribution >= 0.6 is 0 Å². The van der Waals surface area contributed by atoms with Gasteiger partial charge in [-0.1, -0.05) is 137 Å². The van der Waals surface area contributed by atoms with Gasteiger partial charge < -0.3 is 87.7 Å². The molecular formula is C96H152B2F2K2N2O23. The number of piperidine rings is 2. The number of rotatable bonds is 11. The van der Waals surface area contributed by atoms with Gasteiger partial charge in [0.25, 0.3) is 23.4 Å². The summed E-state index contributed by atoms with van der Waals surface area (Å²) in [5.74, 6) is -15.0. The molecule has 0 unspecified atom stereocenters. The predicted molar refractivity (Wildman–Crippen MR) is 475 cm³/mol. The van der Waals surface area contributed by atoms with Crippen LogP contribution in [0.15, 0.2) is 95.4 Å². The first kappa shape index (κ1) is 120. The van der Waals surface area contributed by atoms with Crippen molar-refractivity contribution in [3.63, 3.8) is 0 Å². The number of nitrogens with zero attached hydrogens (tertiary/aromatic N) is 2. The Morgan fingerprint density at radius 1 is 0.622 bits per heavy atom. The first-order valence-corrected chi connectivity index (χ1v) is 44.4. The van der Waals surface area contributed by atoms with Gasteiger partial charge in [0.15, 0.2) is 5.78 Å². The fourth-order valence-electron chi connectivity index (χ4n) is 19.2. The summed E-state index contributed by atoms with van der Waals surface area (Å²) in [4.78, 5) is 129. The Bertz CT molecular complexity index is 3780. The normalized spacial score (nSPS) is 37.7. The van der Waals surface area contributed by atoms with Gasteiger partial charge in [-0.25, -0.2) is 9.59 Å². The van der Waals surface area contributed by atoms with E-state index >= 15 is 0 Å². The molecule has 0 aromatic heterocycles. The zero-order valence-corrected chi connectivity index (χ0v) is 85.1. The van der Waals surface area contributed by atoms with E-state index in [1.54, 1.807) is 53.9 Å². The number of methoxy groups -OCH3 is 4. The van der Waals surface area contributed by atoms with E-state index in [2.05, 4.69) is 23.3 Å². The first-order valence-electron chi connectivity index (χ1n) is 45.6. The molecule has 6 N–H and O–H groups in total. The molecule has 4 radical (unpaired) electrons. The van der Waals surface area contributed by atoms with E-state index in [0.717, 1.165) is 36.8 Å². The van der Waals surface area contributed by atoms with Crippen molar-refractivity contribution in [2.24, 2.45) is 76.9 Å². The van der Waals surface area contributed by atoms with Gasteiger partial charge >= 0.3 is 115 Å². The van der Waals surface area contributed by atoms with Crippen LogP contribution in [0.1, 0.15) is 246 Å². The van der Waals surface area contributed by atoms with Crippen LogP contribution in [0.4, 0.5) is 0 Å². The summed E-state index contributed by atoms with van der Waals surface area (Å²) in [6.45, 7) is 29.9. The summed E-state index contributed by atoms with van der Waals surface area (Å²) in [7, 11) is 13.4. The molecule has 8 aliphatic rings. The second kappa shape index (κ2) is 58.3. The molecule has 6 aliphatic heterocycles. The smallest absolute Gasteiger partial charge is 1.00 e. The second-order valence-electron chi connectivity index (χ2n) is 36.9. The monoisotopic (exact) mass is 1840 g/mol. The SMILES string of the molecule is C.C=CC[C@@H]1/C=C(/C)C[C@H](C)C=C(OC)[C@H]2O[C@@](O)(C(=O)C(=O)N3CCCC[C@H]3C(=O)O[C@H](/C(C)=C/[C@H]3CC[C@@H](O)[C@H](C)C3)[C@H](C)[C@@H](O)CC1=O)[C@H](C)C[C@@H]2OC.CO[C@H]1C[C@@H]2CC[C@@H](C)[C@@](O)(O2)C(=O)C(=O)N2CCCC[C@H]2C(=O)O[C@H]([C@H](C)C[C@H]2CC[C@@H](O)[C@H](C)C2)CC(=O)[C@H](C)/C=C(\C)[C@@H](O)[C@@H](OC)C(=O)[C@H](C)C[C@H](C)/C=C/C=CC=C1C.[2H][B].[2H][B].[F-].[F-].[K+].[K+]. The average Bonchev–Trinajstić information content (AvgIpc) is 0.840. The quantitative estimate of drug-likeness (QED) is 0.0660. The Labute approximate surface area is 847 Å². The van der Waals surface area contributed by atoms with E-state index in [1.807, 2.05) is 111 Å². The molecule has 127 heavy (non-hydrogen) atoms. The summed E-state index contributed by atoms with van der Waals surface area (Å²) in [6, 6.07) is -2.25. The molecule has 8 rings (SSSR count). The van der Waals surface area contributed by atoms with Crippen molar-refractivity contribution in [1.29, 1.82) is 2.67 Å². The van der Waals surface area contributed by atoms with E-state index in [1.165, 1.54) is 31.1 Å². The van der Waals surface area contributed by atoms with Crippen molar-refractivity contribution < 1.29 is 224 Å². The molecule has 706 valence electrons. The molecule has 2 saturated carbocycles. The number of fused-ring (bicyclic) bond motifs is 6. The molecule has 2 amide bonds. The largest absolute Gasteiger partial charge is 1.00 e. The zero-order chi connectivity index (χ0) is 92.9. The number of ketones is 5. The second-order valence-corrected chi connectivity index (χ2v) is 36.9. The number of hydrogen-bond acceptors (Lipinski definition) is 23. The van der Waals surface area contributed by atoms with Crippen molar-refractivity contribution in [1.82, 2.24) is 9.80 Å². The number of hydrogen-bond donors (Lipinski definition) is 6. The van der Waals surface area contributed by atoms with E-state index in [-0.39, 0.29) is 236 Å². The maximum Gasteiger partial charge on any atom is 1.00 e. The molecule has 0 aromatic carbocycles. The van der Waals surface area contributed by atoms with Crippen molar-refractivity contribution in [2.75, 3.05) is 41.5 Å². The Morgan fingerprint density at radius 3 is 1.75 bits per heavy atom. The van der Waals surface area contributed by atoms with E-state index in [0.29, 0.717) is 100 Å². The molecule has 2 aliphatic carbocycles. The van der Waals surface area contributed by atoms with Gasteiger partial charge in [0.2, 0.25) is 11.6 Å². The van der Waals surface area contributed by atoms with E-state index in [9.17, 15) is 73.8 Å². The van der Waals surface area contributed by atoms with Crippen LogP contribution in [0.2, 0.25) is 0 Å². The van der Waals surface area contributed by atoms with Crippen molar-refractivity contribution in [3.8, 4) is 0 Å². The molecule has 4 saturated heterocycles. The third kappa shape index (κ3) is 33.6. The van der Waals surface area contributed by atoms with E-state index in [4.69, 9.17) is 40.6 Å². The van der Waals surface area contributed by atoms with Crippen LogP contribution in [0.25, 0.3) is 0 Å². The maximum atomic E-state index is 14.3. The molecule has 28 atom stereocenters. The third-order valence-electron chi connectivity index (χ3n) is 27.1. The number of halogens is 2. The van der Waals surface area contributed by atoms with Crippen LogP contribution in [0.5, 0.6) is 0 Å². The van der Waals surface area contributed by atoms with Crippen LogP contribution in [0.3, 0.4) is 0 Å².